The van der Waals surface area contributed by atoms with E-state index in [9.17, 15) is 24.7 Å². The lowest BCUT2D eigenvalue weighted by molar-refractivity contribution is -0.149. The highest BCUT2D eigenvalue weighted by Gasteiger charge is 2.47. The van der Waals surface area contributed by atoms with Gasteiger partial charge in [0.1, 0.15) is 6.04 Å². The van der Waals surface area contributed by atoms with Crippen LogP contribution in [-0.2, 0) is 9.59 Å². The van der Waals surface area contributed by atoms with Gasteiger partial charge in [-0.05, 0) is 42.9 Å². The molecule has 2 saturated heterocycles. The van der Waals surface area contributed by atoms with E-state index >= 15 is 0 Å². The zero-order chi connectivity index (χ0) is 22.8. The Morgan fingerprint density at radius 1 is 1.06 bits per heavy atom. The van der Waals surface area contributed by atoms with Crippen molar-refractivity contribution in [3.05, 3.63) is 42.0 Å². The summed E-state index contributed by atoms with van der Waals surface area (Å²) in [5.74, 6) is -1.18. The Hall–Kier alpha value is -2.91. The van der Waals surface area contributed by atoms with Crippen LogP contribution in [0, 0.1) is 17.8 Å². The standard InChI is InChI=1S/C23H30N4O5/c1-25-12-18(17-8-10-27(14-17)23(30)31)11-19(21(28)24-32)20(25)22(29)26-9-7-16(13-26)15-5-3-2-4-6-15/h2-7,17-20,32H,8-14H2,1H3,(H,24,28)(H,30,31)/t17-,18?,19+,20+/m1/s1. The molecule has 0 bridgehead atoms. The molecular weight excluding hydrogens is 412 g/mol. The SMILES string of the molecule is CN1CC([C@@H]2CCN(C(=O)O)C2)C[C@H](C(=O)NO)[C@H]1C(=O)N1CC=C(c2ccccc2)C1. The second-order valence-corrected chi connectivity index (χ2v) is 9.05. The zero-order valence-corrected chi connectivity index (χ0v) is 18.2. The van der Waals surface area contributed by atoms with Gasteiger partial charge >= 0.3 is 6.09 Å². The first-order chi connectivity index (χ1) is 15.4. The second kappa shape index (κ2) is 9.30. The third-order valence-electron chi connectivity index (χ3n) is 7.17. The highest BCUT2D eigenvalue weighted by molar-refractivity contribution is 5.91. The first-order valence-corrected chi connectivity index (χ1v) is 11.0. The summed E-state index contributed by atoms with van der Waals surface area (Å²) in [5.41, 5.74) is 3.91. The maximum atomic E-state index is 13.5. The van der Waals surface area contributed by atoms with Crippen LogP contribution < -0.4 is 5.48 Å². The average Bonchev–Trinajstić information content (AvgIpc) is 3.48. The highest BCUT2D eigenvalue weighted by atomic mass is 16.5. The van der Waals surface area contributed by atoms with Crippen molar-refractivity contribution in [3.63, 3.8) is 0 Å². The van der Waals surface area contributed by atoms with Crippen molar-refractivity contribution in [2.24, 2.45) is 17.8 Å². The lowest BCUT2D eigenvalue weighted by Crippen LogP contribution is -2.59. The van der Waals surface area contributed by atoms with Gasteiger partial charge in [0.2, 0.25) is 11.8 Å². The van der Waals surface area contributed by atoms with Crippen molar-refractivity contribution in [3.8, 4) is 0 Å². The first-order valence-electron chi connectivity index (χ1n) is 11.0. The summed E-state index contributed by atoms with van der Waals surface area (Å²) in [6, 6.07) is 9.24. The van der Waals surface area contributed by atoms with E-state index in [1.807, 2.05) is 48.4 Å². The van der Waals surface area contributed by atoms with Gasteiger partial charge < -0.3 is 14.9 Å². The normalized spacial score (nSPS) is 28.5. The lowest BCUT2D eigenvalue weighted by Gasteiger charge is -2.44. The molecule has 9 heteroatoms. The van der Waals surface area contributed by atoms with Crippen LogP contribution in [0.25, 0.3) is 5.57 Å². The number of benzene rings is 1. The van der Waals surface area contributed by atoms with Crippen LogP contribution in [0.5, 0.6) is 0 Å². The lowest BCUT2D eigenvalue weighted by atomic mass is 9.76. The Morgan fingerprint density at radius 2 is 1.81 bits per heavy atom. The van der Waals surface area contributed by atoms with Crippen molar-refractivity contribution in [1.82, 2.24) is 20.2 Å². The number of hydrogen-bond acceptors (Lipinski definition) is 5. The maximum absolute atomic E-state index is 13.5. The number of hydrogen-bond donors (Lipinski definition) is 3. The summed E-state index contributed by atoms with van der Waals surface area (Å²) in [7, 11) is 1.83. The molecule has 0 saturated carbocycles. The van der Waals surface area contributed by atoms with Crippen molar-refractivity contribution < 1.29 is 24.7 Å². The van der Waals surface area contributed by atoms with Crippen LogP contribution in [0.4, 0.5) is 4.79 Å². The van der Waals surface area contributed by atoms with Crippen molar-refractivity contribution in [1.29, 1.82) is 0 Å². The molecule has 0 aromatic heterocycles. The first kappa shape index (κ1) is 22.3. The topological polar surface area (TPSA) is 113 Å². The Kier molecular flexibility index (Phi) is 6.48. The molecule has 1 unspecified atom stereocenters. The van der Waals surface area contributed by atoms with E-state index in [-0.39, 0.29) is 17.7 Å². The van der Waals surface area contributed by atoms with E-state index in [1.54, 1.807) is 10.4 Å². The molecule has 3 N–H and O–H groups in total. The Morgan fingerprint density at radius 3 is 2.47 bits per heavy atom. The number of nitrogens with one attached hydrogen (secondary N) is 1. The van der Waals surface area contributed by atoms with Gasteiger partial charge in [0.25, 0.3) is 0 Å². The predicted octanol–water partition coefficient (Wildman–Crippen LogP) is 1.35. The van der Waals surface area contributed by atoms with Crippen LogP contribution in [0.2, 0.25) is 0 Å². The van der Waals surface area contributed by atoms with Gasteiger partial charge in [0.05, 0.1) is 5.92 Å². The quantitative estimate of drug-likeness (QED) is 0.479. The molecule has 1 aromatic rings. The van der Waals surface area contributed by atoms with E-state index in [0.717, 1.165) is 17.6 Å². The number of likely N-dealkylation sites (N-methyl/N-ethyl adjacent to an activating group) is 1. The third-order valence-corrected chi connectivity index (χ3v) is 7.17. The molecule has 0 aliphatic carbocycles. The smallest absolute Gasteiger partial charge is 0.407 e. The van der Waals surface area contributed by atoms with E-state index in [4.69, 9.17) is 0 Å². The molecule has 2 fully saturated rings. The molecule has 172 valence electrons. The summed E-state index contributed by atoms with van der Waals surface area (Å²) in [6.45, 7) is 2.51. The summed E-state index contributed by atoms with van der Waals surface area (Å²) in [5, 5.41) is 18.6. The zero-order valence-electron chi connectivity index (χ0n) is 18.2. The number of amides is 3. The van der Waals surface area contributed by atoms with Crippen LogP contribution in [0.15, 0.2) is 36.4 Å². The summed E-state index contributed by atoms with van der Waals surface area (Å²) >= 11 is 0. The van der Waals surface area contributed by atoms with Gasteiger partial charge in [-0.15, -0.1) is 0 Å². The molecule has 3 aliphatic rings. The van der Waals surface area contributed by atoms with E-state index < -0.39 is 24.0 Å². The molecule has 9 nitrogen and oxygen atoms in total. The van der Waals surface area contributed by atoms with E-state index in [2.05, 4.69) is 0 Å². The number of likely N-dealkylation sites (tertiary alicyclic amines) is 2. The fraction of sp³-hybridized carbons (Fsp3) is 0.522. The number of nitrogens with zero attached hydrogens (tertiary/aromatic N) is 3. The molecule has 0 spiro atoms. The van der Waals surface area contributed by atoms with Gasteiger partial charge in [-0.1, -0.05) is 36.4 Å². The van der Waals surface area contributed by atoms with Crippen LogP contribution in [0.3, 0.4) is 0 Å². The van der Waals surface area contributed by atoms with Crippen molar-refractivity contribution >= 4 is 23.5 Å². The van der Waals surface area contributed by atoms with Crippen LogP contribution in [-0.4, -0.2) is 88.7 Å². The number of carbonyl (C=O) groups excluding carboxylic acids is 2. The molecule has 1 aromatic carbocycles. The molecule has 3 aliphatic heterocycles. The van der Waals surface area contributed by atoms with E-state index in [0.29, 0.717) is 39.1 Å². The number of carbonyl (C=O) groups is 3. The minimum Gasteiger partial charge on any atom is -0.465 e. The summed E-state index contributed by atoms with van der Waals surface area (Å²) in [6.07, 6.45) is 2.30. The molecule has 0 radical (unpaired) electrons. The molecule has 4 rings (SSSR count). The Bertz CT molecular complexity index is 905. The molecular formula is C23H30N4O5. The number of carboxylic acid groups (broad SMARTS) is 1. The Labute approximate surface area is 187 Å². The van der Waals surface area contributed by atoms with Gasteiger partial charge in [0.15, 0.2) is 0 Å². The Balaban J connectivity index is 1.46. The molecule has 3 amide bonds. The molecule has 4 atom stereocenters. The average molecular weight is 443 g/mol. The predicted molar refractivity (Wildman–Crippen MR) is 117 cm³/mol. The monoisotopic (exact) mass is 442 g/mol. The second-order valence-electron chi connectivity index (χ2n) is 9.05. The summed E-state index contributed by atoms with van der Waals surface area (Å²) < 4.78 is 0. The minimum absolute atomic E-state index is 0.0762. The number of rotatable bonds is 4. The van der Waals surface area contributed by atoms with Crippen molar-refractivity contribution in [2.45, 2.75) is 18.9 Å². The maximum Gasteiger partial charge on any atom is 0.407 e. The highest BCUT2D eigenvalue weighted by Crippen LogP contribution is 2.37. The largest absolute Gasteiger partial charge is 0.465 e. The fourth-order valence-corrected chi connectivity index (χ4v) is 5.47. The fourth-order valence-electron chi connectivity index (χ4n) is 5.47. The number of piperidine rings is 1. The van der Waals surface area contributed by atoms with Crippen molar-refractivity contribution in [2.75, 3.05) is 39.8 Å². The van der Waals surface area contributed by atoms with Gasteiger partial charge in [-0.3, -0.25) is 19.7 Å². The van der Waals surface area contributed by atoms with Gasteiger partial charge in [0, 0.05) is 32.7 Å². The van der Waals surface area contributed by atoms with Crippen LogP contribution >= 0.6 is 0 Å². The molecule has 3 heterocycles. The van der Waals surface area contributed by atoms with Gasteiger partial charge in [-0.25, -0.2) is 10.3 Å². The van der Waals surface area contributed by atoms with E-state index in [1.165, 1.54) is 4.90 Å². The third kappa shape index (κ3) is 4.35. The minimum atomic E-state index is -0.926. The molecule has 32 heavy (non-hydrogen) atoms. The number of hydroxylamine groups is 1. The summed E-state index contributed by atoms with van der Waals surface area (Å²) in [4.78, 5) is 42.4. The van der Waals surface area contributed by atoms with Gasteiger partial charge in [-0.2, -0.15) is 0 Å². The van der Waals surface area contributed by atoms with Crippen LogP contribution in [0.1, 0.15) is 18.4 Å².